The molecule has 0 fully saturated rings. The molecule has 1 unspecified atom stereocenters. The van der Waals surface area contributed by atoms with E-state index < -0.39 is 0 Å². The van der Waals surface area contributed by atoms with Crippen molar-refractivity contribution in [1.82, 2.24) is 0 Å². The largest absolute Gasteiger partial charge is 0.396 e. The molecule has 0 amide bonds. The zero-order chi connectivity index (χ0) is 12.1. The van der Waals surface area contributed by atoms with Gasteiger partial charge in [0, 0.05) is 12.5 Å². The predicted octanol–water partition coefficient (Wildman–Crippen LogP) is 3.93. The summed E-state index contributed by atoms with van der Waals surface area (Å²) in [5.41, 5.74) is 2.63. The average molecular weight is 220 g/mol. The van der Waals surface area contributed by atoms with Crippen molar-refractivity contribution < 1.29 is 5.11 Å². The third kappa shape index (κ3) is 3.64. The molecule has 0 radical (unpaired) electrons. The topological polar surface area (TPSA) is 20.2 Å². The maximum atomic E-state index is 9.41. The first-order chi connectivity index (χ1) is 7.54. The molecule has 1 aromatic carbocycles. The first-order valence-electron chi connectivity index (χ1n) is 6.25. The maximum Gasteiger partial charge on any atom is 0.0499 e. The van der Waals surface area contributed by atoms with Crippen LogP contribution in [0.5, 0.6) is 0 Å². The highest BCUT2D eigenvalue weighted by Gasteiger charge is 2.12. The summed E-state index contributed by atoms with van der Waals surface area (Å²) >= 11 is 0. The molecule has 0 heterocycles. The van der Waals surface area contributed by atoms with Gasteiger partial charge >= 0.3 is 0 Å². The molecule has 0 aliphatic rings. The summed E-state index contributed by atoms with van der Waals surface area (Å²) in [7, 11) is 0. The molecule has 1 nitrogen and oxygen atoms in total. The second kappa shape index (κ2) is 6.05. The molecule has 0 aliphatic carbocycles. The Balaban J connectivity index is 2.78. The summed E-state index contributed by atoms with van der Waals surface area (Å²) < 4.78 is 0. The van der Waals surface area contributed by atoms with Gasteiger partial charge in [-0.3, -0.25) is 0 Å². The fraction of sp³-hybridized carbons (Fsp3) is 0.600. The van der Waals surface area contributed by atoms with E-state index >= 15 is 0 Å². The molecule has 0 saturated carbocycles. The SMILES string of the molecule is CC(C)CC(CO)c1ccc(C(C)C)cc1. The highest BCUT2D eigenvalue weighted by molar-refractivity contribution is 5.27. The van der Waals surface area contributed by atoms with Crippen LogP contribution in [0, 0.1) is 5.92 Å². The minimum atomic E-state index is 0.249. The van der Waals surface area contributed by atoms with E-state index in [1.807, 2.05) is 0 Å². The average Bonchev–Trinajstić information content (AvgIpc) is 2.25. The molecule has 0 aromatic heterocycles. The Morgan fingerprint density at radius 2 is 1.44 bits per heavy atom. The second-order valence-electron chi connectivity index (χ2n) is 5.33. The standard InChI is InChI=1S/C15H24O/c1-11(2)9-15(10-16)14-7-5-13(6-8-14)12(3)4/h5-8,11-12,15-16H,9-10H2,1-4H3. The summed E-state index contributed by atoms with van der Waals surface area (Å²) in [5, 5.41) is 9.41. The number of aliphatic hydroxyl groups excluding tert-OH is 1. The monoisotopic (exact) mass is 220 g/mol. The zero-order valence-corrected chi connectivity index (χ0v) is 10.9. The molecule has 16 heavy (non-hydrogen) atoms. The van der Waals surface area contributed by atoms with Crippen molar-refractivity contribution in [3.05, 3.63) is 35.4 Å². The molecule has 0 bridgehead atoms. The highest BCUT2D eigenvalue weighted by Crippen LogP contribution is 2.25. The minimum absolute atomic E-state index is 0.249. The van der Waals surface area contributed by atoms with Gasteiger partial charge in [-0.2, -0.15) is 0 Å². The van der Waals surface area contributed by atoms with Gasteiger partial charge < -0.3 is 5.11 Å². The van der Waals surface area contributed by atoms with Crippen molar-refractivity contribution in [3.8, 4) is 0 Å². The molecule has 1 N–H and O–H groups in total. The van der Waals surface area contributed by atoms with E-state index in [1.54, 1.807) is 0 Å². The van der Waals surface area contributed by atoms with Gasteiger partial charge in [-0.15, -0.1) is 0 Å². The predicted molar refractivity (Wildman–Crippen MR) is 69.8 cm³/mol. The Labute approximate surface area is 99.5 Å². The van der Waals surface area contributed by atoms with Gasteiger partial charge in [0.1, 0.15) is 0 Å². The van der Waals surface area contributed by atoms with Crippen molar-refractivity contribution in [2.75, 3.05) is 6.61 Å². The molecular weight excluding hydrogens is 196 g/mol. The molecular formula is C15H24O. The number of aliphatic hydroxyl groups is 1. The van der Waals surface area contributed by atoms with Crippen molar-refractivity contribution >= 4 is 0 Å². The number of rotatable bonds is 5. The minimum Gasteiger partial charge on any atom is -0.396 e. The molecule has 1 atom stereocenters. The first-order valence-corrected chi connectivity index (χ1v) is 6.25. The van der Waals surface area contributed by atoms with Crippen LogP contribution in [0.1, 0.15) is 57.1 Å². The van der Waals surface area contributed by atoms with Crippen LogP contribution < -0.4 is 0 Å². The van der Waals surface area contributed by atoms with E-state index in [-0.39, 0.29) is 6.61 Å². The van der Waals surface area contributed by atoms with Crippen molar-refractivity contribution in [1.29, 1.82) is 0 Å². The van der Waals surface area contributed by atoms with E-state index in [0.29, 0.717) is 17.8 Å². The summed E-state index contributed by atoms with van der Waals surface area (Å²) in [6.07, 6.45) is 1.05. The van der Waals surface area contributed by atoms with Crippen LogP contribution in [-0.4, -0.2) is 11.7 Å². The molecule has 1 aromatic rings. The summed E-state index contributed by atoms with van der Waals surface area (Å²) in [4.78, 5) is 0. The Hall–Kier alpha value is -0.820. The fourth-order valence-electron chi connectivity index (χ4n) is 2.04. The van der Waals surface area contributed by atoms with Crippen molar-refractivity contribution in [3.63, 3.8) is 0 Å². The fourth-order valence-corrected chi connectivity index (χ4v) is 2.04. The zero-order valence-electron chi connectivity index (χ0n) is 10.9. The van der Waals surface area contributed by atoms with Gasteiger partial charge in [0.05, 0.1) is 0 Å². The smallest absolute Gasteiger partial charge is 0.0499 e. The Morgan fingerprint density at radius 1 is 0.938 bits per heavy atom. The lowest BCUT2D eigenvalue weighted by Crippen LogP contribution is -2.07. The summed E-state index contributed by atoms with van der Waals surface area (Å²) in [6, 6.07) is 8.70. The van der Waals surface area contributed by atoms with Crippen LogP contribution in [0.3, 0.4) is 0 Å². The third-order valence-electron chi connectivity index (χ3n) is 3.05. The van der Waals surface area contributed by atoms with E-state index in [9.17, 15) is 5.11 Å². The van der Waals surface area contributed by atoms with E-state index in [1.165, 1.54) is 11.1 Å². The first kappa shape index (κ1) is 13.2. The Kier molecular flexibility index (Phi) is 5.01. The quantitative estimate of drug-likeness (QED) is 0.797. The van der Waals surface area contributed by atoms with Crippen LogP contribution in [0.4, 0.5) is 0 Å². The number of hydrogen-bond acceptors (Lipinski definition) is 1. The Morgan fingerprint density at radius 3 is 1.81 bits per heavy atom. The van der Waals surface area contributed by atoms with Crippen molar-refractivity contribution in [2.24, 2.45) is 5.92 Å². The van der Waals surface area contributed by atoms with Crippen molar-refractivity contribution in [2.45, 2.75) is 46.0 Å². The van der Waals surface area contributed by atoms with Gasteiger partial charge in [-0.25, -0.2) is 0 Å². The maximum absolute atomic E-state index is 9.41. The summed E-state index contributed by atoms with van der Waals surface area (Å²) in [6.45, 7) is 9.05. The Bertz CT molecular complexity index is 298. The van der Waals surface area contributed by atoms with Gasteiger partial charge in [-0.05, 0) is 29.4 Å². The van der Waals surface area contributed by atoms with Gasteiger partial charge in [-0.1, -0.05) is 52.0 Å². The highest BCUT2D eigenvalue weighted by atomic mass is 16.3. The van der Waals surface area contributed by atoms with Gasteiger partial charge in [0.2, 0.25) is 0 Å². The van der Waals surface area contributed by atoms with Gasteiger partial charge in [0.25, 0.3) is 0 Å². The molecule has 0 saturated heterocycles. The van der Waals surface area contributed by atoms with Crippen LogP contribution in [0.2, 0.25) is 0 Å². The van der Waals surface area contributed by atoms with E-state index in [0.717, 1.165) is 6.42 Å². The normalized spacial score (nSPS) is 13.4. The third-order valence-corrected chi connectivity index (χ3v) is 3.05. The second-order valence-corrected chi connectivity index (χ2v) is 5.33. The molecule has 0 spiro atoms. The van der Waals surface area contributed by atoms with E-state index in [4.69, 9.17) is 0 Å². The van der Waals surface area contributed by atoms with E-state index in [2.05, 4.69) is 52.0 Å². The lowest BCUT2D eigenvalue weighted by molar-refractivity contribution is 0.249. The molecule has 0 aliphatic heterocycles. The van der Waals surface area contributed by atoms with Gasteiger partial charge in [0.15, 0.2) is 0 Å². The summed E-state index contributed by atoms with van der Waals surface area (Å²) in [5.74, 6) is 1.50. The number of benzene rings is 1. The molecule has 1 heteroatoms. The number of hydrogen-bond donors (Lipinski definition) is 1. The van der Waals surface area contributed by atoms with Crippen LogP contribution >= 0.6 is 0 Å². The molecule has 90 valence electrons. The van der Waals surface area contributed by atoms with Crippen LogP contribution in [0.15, 0.2) is 24.3 Å². The van der Waals surface area contributed by atoms with Crippen LogP contribution in [-0.2, 0) is 0 Å². The lowest BCUT2D eigenvalue weighted by atomic mass is 9.89. The van der Waals surface area contributed by atoms with Crippen LogP contribution in [0.25, 0.3) is 0 Å². The lowest BCUT2D eigenvalue weighted by Gasteiger charge is -2.17. The molecule has 1 rings (SSSR count).